The van der Waals surface area contributed by atoms with E-state index < -0.39 is 40.0 Å². The summed E-state index contributed by atoms with van der Waals surface area (Å²) in [5, 5.41) is 0. The van der Waals surface area contributed by atoms with Crippen molar-refractivity contribution in [3.05, 3.63) is 71.8 Å². The average Bonchev–Trinajstić information content (AvgIpc) is 2.74. The molecule has 0 aliphatic carbocycles. The minimum absolute atomic E-state index is 0.00454. The molecule has 0 aliphatic heterocycles. The predicted octanol–water partition coefficient (Wildman–Crippen LogP) is 3.67. The van der Waals surface area contributed by atoms with Crippen molar-refractivity contribution >= 4 is 23.1 Å². The molecular formula is C22H27NO6S. The van der Waals surface area contributed by atoms with Crippen molar-refractivity contribution in [3.8, 4) is 0 Å². The lowest BCUT2D eigenvalue weighted by Crippen LogP contribution is -2.45. The quantitative estimate of drug-likeness (QED) is 0.639. The molecule has 2 aromatic carbocycles. The van der Waals surface area contributed by atoms with Crippen LogP contribution in [0.4, 0.5) is 4.79 Å². The van der Waals surface area contributed by atoms with E-state index in [9.17, 15) is 13.8 Å². The molecule has 3 atom stereocenters. The molecule has 0 aromatic heterocycles. The Kier molecular flexibility index (Phi) is 8.56. The van der Waals surface area contributed by atoms with Gasteiger partial charge in [0.05, 0.1) is 28.9 Å². The minimum Gasteiger partial charge on any atom is -0.458 e. The van der Waals surface area contributed by atoms with Gasteiger partial charge in [0.25, 0.3) is 0 Å². The summed E-state index contributed by atoms with van der Waals surface area (Å²) >= 11 is 0. The lowest BCUT2D eigenvalue weighted by Gasteiger charge is -2.29. The predicted molar refractivity (Wildman–Crippen MR) is 114 cm³/mol. The zero-order chi connectivity index (χ0) is 22.1. The van der Waals surface area contributed by atoms with Gasteiger partial charge < -0.3 is 14.2 Å². The van der Waals surface area contributed by atoms with E-state index in [4.69, 9.17) is 9.47 Å². The first-order chi connectivity index (χ1) is 14.2. The molecule has 0 radical (unpaired) electrons. The fraction of sp³-hybridized carbons (Fsp3) is 0.364. The lowest BCUT2D eigenvalue weighted by molar-refractivity contribution is -0.157. The highest BCUT2D eigenvalue weighted by molar-refractivity contribution is 7.84. The van der Waals surface area contributed by atoms with Crippen LogP contribution in [0.1, 0.15) is 37.9 Å². The number of methoxy groups -OCH3 is 1. The number of benzene rings is 2. The summed E-state index contributed by atoms with van der Waals surface area (Å²) in [7, 11) is -0.406. The third kappa shape index (κ3) is 6.96. The maximum Gasteiger partial charge on any atom is 0.508 e. The highest BCUT2D eigenvalue weighted by Gasteiger charge is 2.37. The Morgan fingerprint density at radius 3 is 2.10 bits per heavy atom. The Hall–Kier alpha value is -2.71. The first-order valence-corrected chi connectivity index (χ1v) is 10.6. The van der Waals surface area contributed by atoms with E-state index in [1.54, 1.807) is 45.0 Å². The van der Waals surface area contributed by atoms with E-state index in [1.807, 2.05) is 36.4 Å². The van der Waals surface area contributed by atoms with Crippen LogP contribution < -0.4 is 4.72 Å². The van der Waals surface area contributed by atoms with Crippen molar-refractivity contribution in [2.24, 2.45) is 0 Å². The monoisotopic (exact) mass is 433 g/mol. The van der Waals surface area contributed by atoms with E-state index in [-0.39, 0.29) is 6.61 Å². The zero-order valence-corrected chi connectivity index (χ0v) is 18.3. The molecule has 0 bridgehead atoms. The second kappa shape index (κ2) is 10.9. The average molecular weight is 434 g/mol. The highest BCUT2D eigenvalue weighted by Crippen LogP contribution is 2.24. The number of hydrogen-bond donors (Lipinski definition) is 1. The molecular weight excluding hydrogens is 406 g/mol. The molecule has 8 heteroatoms. The molecule has 0 heterocycles. The molecule has 2 aromatic rings. The molecule has 0 saturated heterocycles. The lowest BCUT2D eigenvalue weighted by atomic mass is 10.0. The van der Waals surface area contributed by atoms with Gasteiger partial charge >= 0.3 is 12.1 Å². The van der Waals surface area contributed by atoms with E-state index in [1.165, 1.54) is 0 Å². The first-order valence-electron chi connectivity index (χ1n) is 9.40. The Labute approximate surface area is 179 Å². The van der Waals surface area contributed by atoms with Gasteiger partial charge in [-0.2, -0.15) is 0 Å². The molecule has 0 saturated carbocycles. The van der Waals surface area contributed by atoms with Crippen LogP contribution >= 0.6 is 0 Å². The van der Waals surface area contributed by atoms with Crippen LogP contribution in [-0.2, 0) is 36.6 Å². The number of carbonyl (C=O) groups excluding carboxylic acids is 2. The van der Waals surface area contributed by atoms with Crippen molar-refractivity contribution in [2.45, 2.75) is 44.3 Å². The first kappa shape index (κ1) is 23.6. The number of carbonyl (C=O) groups is 2. The maximum absolute atomic E-state index is 12.9. The van der Waals surface area contributed by atoms with E-state index in [0.29, 0.717) is 5.56 Å². The van der Waals surface area contributed by atoms with E-state index in [2.05, 4.69) is 9.46 Å². The van der Waals surface area contributed by atoms with Crippen LogP contribution in [0.25, 0.3) is 0 Å². The standard InChI is InChI=1S/C22H27NO6S/c1-22(2,3)30(26)23-18(17-13-9-6-10-14-17)19(29-21(25)27-4)20(24)28-15-16-11-7-5-8-12-16/h5-14,18-19,23H,15H2,1-4H3/t18-,19+,30+/m0/s1. The molecule has 0 aliphatic rings. The molecule has 30 heavy (non-hydrogen) atoms. The number of hydrogen-bond acceptors (Lipinski definition) is 6. The van der Waals surface area contributed by atoms with Crippen LogP contribution in [0.5, 0.6) is 0 Å². The SMILES string of the molecule is COC(=O)O[C@@H](C(=O)OCc1ccccc1)[C@@H](N[S@](=O)C(C)(C)C)c1ccccc1. The second-order valence-corrected chi connectivity index (χ2v) is 9.47. The molecule has 2 rings (SSSR count). The summed E-state index contributed by atoms with van der Waals surface area (Å²) in [4.78, 5) is 24.8. The maximum atomic E-state index is 12.9. The smallest absolute Gasteiger partial charge is 0.458 e. The summed E-state index contributed by atoms with van der Waals surface area (Å²) in [5.41, 5.74) is 1.39. The topological polar surface area (TPSA) is 90.9 Å². The molecule has 0 spiro atoms. The number of esters is 1. The van der Waals surface area contributed by atoms with Gasteiger partial charge in [-0.3, -0.25) is 0 Å². The van der Waals surface area contributed by atoms with Crippen LogP contribution in [-0.4, -0.2) is 34.3 Å². The van der Waals surface area contributed by atoms with Gasteiger partial charge in [-0.15, -0.1) is 0 Å². The van der Waals surface area contributed by atoms with Crippen LogP contribution in [0.2, 0.25) is 0 Å². The Morgan fingerprint density at radius 2 is 1.57 bits per heavy atom. The third-order valence-electron chi connectivity index (χ3n) is 4.10. The van der Waals surface area contributed by atoms with Crippen LogP contribution in [0.3, 0.4) is 0 Å². The van der Waals surface area contributed by atoms with Gasteiger partial charge in [0, 0.05) is 0 Å². The van der Waals surface area contributed by atoms with Gasteiger partial charge in [-0.05, 0) is 31.9 Å². The molecule has 162 valence electrons. The summed E-state index contributed by atoms with van der Waals surface area (Å²) < 4.78 is 30.3. The Bertz CT molecular complexity index is 851. The fourth-order valence-electron chi connectivity index (χ4n) is 2.47. The van der Waals surface area contributed by atoms with Gasteiger partial charge in [0.2, 0.25) is 6.10 Å². The largest absolute Gasteiger partial charge is 0.508 e. The molecule has 0 unspecified atom stereocenters. The second-order valence-electron chi connectivity index (χ2n) is 7.47. The van der Waals surface area contributed by atoms with Gasteiger partial charge in [0.15, 0.2) is 0 Å². The minimum atomic E-state index is -1.55. The number of rotatable bonds is 8. The Morgan fingerprint density at radius 1 is 1.00 bits per heavy atom. The highest BCUT2D eigenvalue weighted by atomic mass is 32.2. The number of nitrogens with one attached hydrogen (secondary N) is 1. The third-order valence-corrected chi connectivity index (χ3v) is 5.68. The van der Waals surface area contributed by atoms with E-state index >= 15 is 0 Å². The normalized spacial score (nSPS) is 14.3. The van der Waals surface area contributed by atoms with Crippen molar-refractivity contribution < 1.29 is 28.0 Å². The van der Waals surface area contributed by atoms with Crippen molar-refractivity contribution in [3.63, 3.8) is 0 Å². The van der Waals surface area contributed by atoms with Crippen molar-refractivity contribution in [2.75, 3.05) is 7.11 Å². The van der Waals surface area contributed by atoms with Gasteiger partial charge in [-0.1, -0.05) is 60.7 Å². The summed E-state index contributed by atoms with van der Waals surface area (Å²) in [6, 6.07) is 17.1. The van der Waals surface area contributed by atoms with Gasteiger partial charge in [0.1, 0.15) is 6.61 Å². The summed E-state index contributed by atoms with van der Waals surface area (Å²) in [5.74, 6) is -0.781. The van der Waals surface area contributed by atoms with Gasteiger partial charge in [-0.25, -0.2) is 18.5 Å². The van der Waals surface area contributed by atoms with Crippen molar-refractivity contribution in [1.82, 2.24) is 4.72 Å². The number of ether oxygens (including phenoxy) is 3. The van der Waals surface area contributed by atoms with E-state index in [0.717, 1.165) is 12.7 Å². The van der Waals surface area contributed by atoms with Crippen LogP contribution in [0.15, 0.2) is 60.7 Å². The summed E-state index contributed by atoms with van der Waals surface area (Å²) in [6.45, 7) is 5.39. The fourth-order valence-corrected chi connectivity index (χ4v) is 3.32. The molecule has 0 fully saturated rings. The molecule has 0 amide bonds. The van der Waals surface area contributed by atoms with Crippen molar-refractivity contribution in [1.29, 1.82) is 0 Å². The molecule has 7 nitrogen and oxygen atoms in total. The van der Waals surface area contributed by atoms with Crippen LogP contribution in [0, 0.1) is 0 Å². The Balaban J connectivity index is 2.32. The summed E-state index contributed by atoms with van der Waals surface area (Å²) in [6.07, 6.45) is -2.45. The zero-order valence-electron chi connectivity index (χ0n) is 17.5. The molecule has 1 N–H and O–H groups in total.